The number of nitrogens with zero attached hydrogens (tertiary/aromatic N) is 2. The van der Waals surface area contributed by atoms with E-state index in [4.69, 9.17) is 14.2 Å². The summed E-state index contributed by atoms with van der Waals surface area (Å²) in [6, 6.07) is 11.1. The van der Waals surface area contributed by atoms with Crippen molar-refractivity contribution >= 4 is 17.3 Å². The van der Waals surface area contributed by atoms with Crippen molar-refractivity contribution in [2.75, 3.05) is 14.2 Å². The second-order valence-corrected chi connectivity index (χ2v) is 6.23. The van der Waals surface area contributed by atoms with Crippen molar-refractivity contribution in [2.45, 2.75) is 13.0 Å². The molecule has 0 unspecified atom stereocenters. The van der Waals surface area contributed by atoms with E-state index in [0.717, 1.165) is 10.6 Å². The van der Waals surface area contributed by atoms with Crippen LogP contribution in [-0.4, -0.2) is 30.2 Å². The quantitative estimate of drug-likeness (QED) is 0.593. The van der Waals surface area contributed by atoms with E-state index in [-0.39, 0.29) is 19.0 Å². The predicted octanol–water partition coefficient (Wildman–Crippen LogP) is 3.51. The lowest BCUT2D eigenvalue weighted by atomic mass is 10.2. The molecule has 0 N–H and O–H groups in total. The van der Waals surface area contributed by atoms with Crippen LogP contribution in [-0.2, 0) is 22.6 Å². The fraction of sp³-hybridized carbons (Fsp3) is 0.211. The van der Waals surface area contributed by atoms with Gasteiger partial charge in [-0.05, 0) is 30.3 Å². The third-order valence-electron chi connectivity index (χ3n) is 3.61. The molecule has 3 rings (SSSR count). The van der Waals surface area contributed by atoms with Gasteiger partial charge in [-0.3, -0.25) is 9.78 Å². The highest BCUT2D eigenvalue weighted by Crippen LogP contribution is 2.33. The summed E-state index contributed by atoms with van der Waals surface area (Å²) >= 11 is 1.46. The number of benzene rings is 1. The fourth-order valence-corrected chi connectivity index (χ4v) is 3.14. The van der Waals surface area contributed by atoms with Crippen molar-refractivity contribution in [1.82, 2.24) is 9.97 Å². The molecule has 0 aliphatic heterocycles. The Morgan fingerprint density at radius 2 is 1.92 bits per heavy atom. The molecule has 0 amide bonds. The van der Waals surface area contributed by atoms with Gasteiger partial charge in [0.15, 0.2) is 11.5 Å². The Balaban J connectivity index is 1.63. The largest absolute Gasteiger partial charge is 0.493 e. The van der Waals surface area contributed by atoms with Gasteiger partial charge in [-0.25, -0.2) is 4.98 Å². The van der Waals surface area contributed by atoms with Crippen LogP contribution in [0.2, 0.25) is 0 Å². The van der Waals surface area contributed by atoms with Crippen molar-refractivity contribution in [3.05, 3.63) is 59.4 Å². The number of thiazole rings is 1. The van der Waals surface area contributed by atoms with E-state index in [1.165, 1.54) is 11.3 Å². The van der Waals surface area contributed by atoms with Gasteiger partial charge in [-0.15, -0.1) is 11.3 Å². The number of hydrogen-bond donors (Lipinski definition) is 0. The molecule has 0 atom stereocenters. The summed E-state index contributed by atoms with van der Waals surface area (Å²) in [4.78, 5) is 20.6. The van der Waals surface area contributed by atoms with Crippen LogP contribution in [0.1, 0.15) is 11.4 Å². The Labute approximate surface area is 155 Å². The Hall–Kier alpha value is -2.93. The van der Waals surface area contributed by atoms with Crippen LogP contribution in [0.3, 0.4) is 0 Å². The van der Waals surface area contributed by atoms with Crippen LogP contribution >= 0.6 is 11.3 Å². The standard InChI is InChI=1S/C19H18N2O4S/c1-23-16-7-6-13(9-17(16)24-2)19-21-15(12-26-19)10-18(22)25-11-14-5-3-4-8-20-14/h3-9,12H,10-11H2,1-2H3. The number of methoxy groups -OCH3 is 2. The molecule has 0 bridgehead atoms. The Morgan fingerprint density at radius 1 is 1.08 bits per heavy atom. The number of aromatic nitrogens is 2. The first-order valence-corrected chi connectivity index (χ1v) is 8.80. The van der Waals surface area contributed by atoms with E-state index in [1.807, 2.05) is 41.8 Å². The first-order valence-electron chi connectivity index (χ1n) is 7.92. The third kappa shape index (κ3) is 4.37. The lowest BCUT2D eigenvalue weighted by Crippen LogP contribution is -2.08. The van der Waals surface area contributed by atoms with Crippen LogP contribution in [0.4, 0.5) is 0 Å². The maximum absolute atomic E-state index is 12.0. The van der Waals surface area contributed by atoms with Gasteiger partial charge in [0, 0.05) is 17.1 Å². The van der Waals surface area contributed by atoms with Crippen molar-refractivity contribution < 1.29 is 19.0 Å². The molecule has 0 aliphatic rings. The molecule has 0 aliphatic carbocycles. The summed E-state index contributed by atoms with van der Waals surface area (Å²) in [5, 5.41) is 2.66. The molecule has 0 radical (unpaired) electrons. The number of ether oxygens (including phenoxy) is 3. The summed E-state index contributed by atoms with van der Waals surface area (Å²) < 4.78 is 15.8. The SMILES string of the molecule is COc1ccc(-c2nc(CC(=O)OCc3ccccn3)cs2)cc1OC. The minimum Gasteiger partial charge on any atom is -0.493 e. The van der Waals surface area contributed by atoms with E-state index in [9.17, 15) is 4.79 Å². The number of rotatable bonds is 7. The van der Waals surface area contributed by atoms with Gasteiger partial charge in [0.1, 0.15) is 11.6 Å². The number of hydrogen-bond acceptors (Lipinski definition) is 7. The summed E-state index contributed by atoms with van der Waals surface area (Å²) in [5.74, 6) is 0.961. The monoisotopic (exact) mass is 370 g/mol. The minimum atomic E-state index is -0.334. The molecule has 6 nitrogen and oxygen atoms in total. The highest BCUT2D eigenvalue weighted by atomic mass is 32.1. The topological polar surface area (TPSA) is 70.5 Å². The van der Waals surface area contributed by atoms with Gasteiger partial charge in [-0.1, -0.05) is 6.07 Å². The average molecular weight is 370 g/mol. The number of esters is 1. The second kappa shape index (κ2) is 8.44. The fourth-order valence-electron chi connectivity index (χ4n) is 2.33. The zero-order valence-corrected chi connectivity index (χ0v) is 15.3. The average Bonchev–Trinajstić information content (AvgIpc) is 3.15. The molecule has 0 fully saturated rings. The molecule has 2 heterocycles. The summed E-state index contributed by atoms with van der Waals surface area (Å²) in [6.07, 6.45) is 1.79. The number of carbonyl (C=O) groups is 1. The normalized spacial score (nSPS) is 10.4. The zero-order valence-electron chi connectivity index (χ0n) is 14.5. The Morgan fingerprint density at radius 3 is 2.65 bits per heavy atom. The summed E-state index contributed by atoms with van der Waals surface area (Å²) in [6.45, 7) is 0.159. The number of carbonyl (C=O) groups excluding carboxylic acids is 1. The zero-order chi connectivity index (χ0) is 18.4. The van der Waals surface area contributed by atoms with E-state index in [0.29, 0.717) is 22.9 Å². The second-order valence-electron chi connectivity index (χ2n) is 5.37. The summed E-state index contributed by atoms with van der Waals surface area (Å²) in [5.41, 5.74) is 2.29. The molecule has 2 aromatic heterocycles. The molecule has 7 heteroatoms. The molecule has 26 heavy (non-hydrogen) atoms. The van der Waals surface area contributed by atoms with Crippen molar-refractivity contribution in [1.29, 1.82) is 0 Å². The Kier molecular flexibility index (Phi) is 5.80. The van der Waals surface area contributed by atoms with Gasteiger partial charge >= 0.3 is 5.97 Å². The van der Waals surface area contributed by atoms with E-state index >= 15 is 0 Å². The molecular weight excluding hydrogens is 352 g/mol. The lowest BCUT2D eigenvalue weighted by molar-refractivity contribution is -0.144. The van der Waals surface area contributed by atoms with Crippen molar-refractivity contribution in [3.63, 3.8) is 0 Å². The van der Waals surface area contributed by atoms with Crippen LogP contribution in [0.15, 0.2) is 48.0 Å². The van der Waals surface area contributed by atoms with Crippen molar-refractivity contribution in [3.8, 4) is 22.1 Å². The highest BCUT2D eigenvalue weighted by molar-refractivity contribution is 7.13. The maximum Gasteiger partial charge on any atom is 0.312 e. The first-order chi connectivity index (χ1) is 12.7. The first kappa shape index (κ1) is 17.9. The van der Waals surface area contributed by atoms with Crippen LogP contribution in [0, 0.1) is 0 Å². The van der Waals surface area contributed by atoms with Gasteiger partial charge in [0.05, 0.1) is 32.0 Å². The lowest BCUT2D eigenvalue weighted by Gasteiger charge is -2.08. The van der Waals surface area contributed by atoms with E-state index in [1.54, 1.807) is 20.4 Å². The molecular formula is C19H18N2O4S. The smallest absolute Gasteiger partial charge is 0.312 e. The summed E-state index contributed by atoms with van der Waals surface area (Å²) in [7, 11) is 3.18. The molecule has 3 aromatic rings. The molecule has 134 valence electrons. The van der Waals surface area contributed by atoms with Crippen LogP contribution in [0.25, 0.3) is 10.6 Å². The molecule has 0 saturated heterocycles. The van der Waals surface area contributed by atoms with Gasteiger partial charge in [-0.2, -0.15) is 0 Å². The van der Waals surface area contributed by atoms with E-state index in [2.05, 4.69) is 9.97 Å². The molecule has 0 saturated carbocycles. The van der Waals surface area contributed by atoms with Crippen molar-refractivity contribution in [2.24, 2.45) is 0 Å². The Bertz CT molecular complexity index is 880. The maximum atomic E-state index is 12.0. The van der Waals surface area contributed by atoms with Gasteiger partial charge in [0.2, 0.25) is 0 Å². The van der Waals surface area contributed by atoms with Crippen LogP contribution < -0.4 is 9.47 Å². The molecule has 1 aromatic carbocycles. The van der Waals surface area contributed by atoms with Gasteiger partial charge < -0.3 is 14.2 Å². The van der Waals surface area contributed by atoms with Crippen LogP contribution in [0.5, 0.6) is 11.5 Å². The predicted molar refractivity (Wildman–Crippen MR) is 98.4 cm³/mol. The minimum absolute atomic E-state index is 0.122. The number of pyridine rings is 1. The third-order valence-corrected chi connectivity index (χ3v) is 4.56. The van der Waals surface area contributed by atoms with E-state index < -0.39 is 0 Å². The van der Waals surface area contributed by atoms with Gasteiger partial charge in [0.25, 0.3) is 0 Å². The highest BCUT2D eigenvalue weighted by Gasteiger charge is 2.12. The molecule has 0 spiro atoms.